The highest BCUT2D eigenvalue weighted by molar-refractivity contribution is 9.10. The summed E-state index contributed by atoms with van der Waals surface area (Å²) in [5.74, 6) is -0.588. The van der Waals surface area contributed by atoms with Crippen molar-refractivity contribution in [1.29, 1.82) is 0 Å². The van der Waals surface area contributed by atoms with Crippen LogP contribution in [0.25, 0.3) is 10.9 Å². The predicted octanol–water partition coefficient (Wildman–Crippen LogP) is 4.67. The smallest absolute Gasteiger partial charge is 0.270 e. The number of nitrogens with one attached hydrogen (secondary N) is 2. The van der Waals surface area contributed by atoms with Crippen LogP contribution in [0.5, 0.6) is 0 Å². The number of likely N-dealkylation sites (tertiary alicyclic amines) is 1. The number of aromatic nitrogens is 1. The third-order valence-corrected chi connectivity index (χ3v) is 9.31. The standard InChI is InChI=1S/C28H26BrClN4O4/c1-14-19-11-20(29)21(30)12-22(19)31-25(14)28(38)33-8-6-15(7-9-33)16-2-3-18-17(10-16)13-34(27(18)37)23-4-5-24(35)32-26(23)36/h2-3,10-12,15,23,31H,4-9,13H2,1H3,(H,32,35,36). The number of halogens is 2. The van der Waals surface area contributed by atoms with Gasteiger partial charge in [0, 0.05) is 47.0 Å². The molecule has 196 valence electrons. The molecule has 4 heterocycles. The number of hydrogen-bond donors (Lipinski definition) is 2. The molecule has 2 saturated heterocycles. The van der Waals surface area contributed by atoms with Gasteiger partial charge in [-0.25, -0.2) is 0 Å². The third kappa shape index (κ3) is 4.22. The molecule has 0 radical (unpaired) electrons. The fourth-order valence-corrected chi connectivity index (χ4v) is 6.47. The summed E-state index contributed by atoms with van der Waals surface area (Å²) < 4.78 is 0.796. The van der Waals surface area contributed by atoms with Crippen molar-refractivity contribution in [2.45, 2.75) is 51.1 Å². The summed E-state index contributed by atoms with van der Waals surface area (Å²) in [7, 11) is 0. The fraction of sp³-hybridized carbons (Fsp3) is 0.357. The van der Waals surface area contributed by atoms with Gasteiger partial charge >= 0.3 is 0 Å². The number of H-pyrrole nitrogens is 1. The van der Waals surface area contributed by atoms with Crippen LogP contribution < -0.4 is 5.32 Å². The molecular weight excluding hydrogens is 572 g/mol. The van der Waals surface area contributed by atoms with Gasteiger partial charge in [-0.2, -0.15) is 0 Å². The Morgan fingerprint density at radius 2 is 1.84 bits per heavy atom. The van der Waals surface area contributed by atoms with Crippen molar-refractivity contribution in [2.75, 3.05) is 13.1 Å². The largest absolute Gasteiger partial charge is 0.350 e. The van der Waals surface area contributed by atoms with E-state index in [2.05, 4.69) is 32.3 Å². The topological polar surface area (TPSA) is 103 Å². The van der Waals surface area contributed by atoms with Gasteiger partial charge in [0.05, 0.1) is 5.02 Å². The summed E-state index contributed by atoms with van der Waals surface area (Å²) >= 11 is 9.70. The van der Waals surface area contributed by atoms with Crippen molar-refractivity contribution in [3.8, 4) is 0 Å². The van der Waals surface area contributed by atoms with Gasteiger partial charge in [-0.15, -0.1) is 0 Å². The summed E-state index contributed by atoms with van der Waals surface area (Å²) in [6.07, 6.45) is 2.24. The van der Waals surface area contributed by atoms with Crippen molar-refractivity contribution in [1.82, 2.24) is 20.1 Å². The quantitative estimate of drug-likeness (QED) is 0.428. The van der Waals surface area contributed by atoms with E-state index in [9.17, 15) is 19.2 Å². The molecule has 2 N–H and O–H groups in total. The first kappa shape index (κ1) is 25.1. The minimum atomic E-state index is -0.615. The number of amides is 4. The highest BCUT2D eigenvalue weighted by atomic mass is 79.9. The monoisotopic (exact) mass is 596 g/mol. The van der Waals surface area contributed by atoms with Crippen LogP contribution >= 0.6 is 27.5 Å². The molecule has 3 aliphatic rings. The number of fused-ring (bicyclic) bond motifs is 2. The van der Waals surface area contributed by atoms with E-state index in [-0.39, 0.29) is 30.1 Å². The molecule has 38 heavy (non-hydrogen) atoms. The van der Waals surface area contributed by atoms with E-state index in [0.29, 0.717) is 42.3 Å². The summed E-state index contributed by atoms with van der Waals surface area (Å²) in [4.78, 5) is 56.9. The second-order valence-electron chi connectivity index (χ2n) is 10.3. The lowest BCUT2D eigenvalue weighted by molar-refractivity contribution is -0.136. The average molecular weight is 598 g/mol. The van der Waals surface area contributed by atoms with E-state index >= 15 is 0 Å². The molecular formula is C28H26BrClN4O4. The minimum Gasteiger partial charge on any atom is -0.350 e. The summed E-state index contributed by atoms with van der Waals surface area (Å²) in [6.45, 7) is 3.59. The van der Waals surface area contributed by atoms with E-state index < -0.39 is 11.9 Å². The maximum Gasteiger partial charge on any atom is 0.270 e. The first-order valence-corrected chi connectivity index (χ1v) is 13.9. The van der Waals surface area contributed by atoms with Gasteiger partial charge in [0.1, 0.15) is 11.7 Å². The highest BCUT2D eigenvalue weighted by Crippen LogP contribution is 2.35. The first-order valence-electron chi connectivity index (χ1n) is 12.8. The van der Waals surface area contributed by atoms with Crippen LogP contribution in [0.2, 0.25) is 5.02 Å². The molecule has 2 fully saturated rings. The minimum absolute atomic E-state index is 0.0103. The number of aromatic amines is 1. The van der Waals surface area contributed by atoms with Crippen molar-refractivity contribution in [2.24, 2.45) is 0 Å². The lowest BCUT2D eigenvalue weighted by Gasteiger charge is -2.32. The Morgan fingerprint density at radius 1 is 1.08 bits per heavy atom. The predicted molar refractivity (Wildman–Crippen MR) is 146 cm³/mol. The molecule has 0 saturated carbocycles. The summed E-state index contributed by atoms with van der Waals surface area (Å²) in [6, 6.07) is 9.08. The average Bonchev–Trinajstić information content (AvgIpc) is 3.40. The van der Waals surface area contributed by atoms with Gasteiger partial charge in [0.2, 0.25) is 11.8 Å². The van der Waals surface area contributed by atoms with Crippen LogP contribution in [0.3, 0.4) is 0 Å². The van der Waals surface area contributed by atoms with Gasteiger partial charge in [0.25, 0.3) is 11.8 Å². The highest BCUT2D eigenvalue weighted by Gasteiger charge is 2.39. The Balaban J connectivity index is 1.14. The van der Waals surface area contributed by atoms with E-state index in [1.54, 1.807) is 4.90 Å². The molecule has 1 atom stereocenters. The molecule has 4 amide bonds. The molecule has 0 bridgehead atoms. The van der Waals surface area contributed by atoms with E-state index in [1.165, 1.54) is 0 Å². The lowest BCUT2D eigenvalue weighted by Crippen LogP contribution is -2.52. The number of imide groups is 1. The molecule has 1 unspecified atom stereocenters. The van der Waals surface area contributed by atoms with Crippen molar-refractivity contribution < 1.29 is 19.2 Å². The molecule has 0 aliphatic carbocycles. The zero-order chi connectivity index (χ0) is 26.7. The first-order chi connectivity index (χ1) is 18.2. The molecule has 2 aromatic carbocycles. The normalized spacial score (nSPS) is 20.3. The van der Waals surface area contributed by atoms with E-state index in [4.69, 9.17) is 11.6 Å². The maximum atomic E-state index is 13.4. The zero-order valence-corrected chi connectivity index (χ0v) is 23.1. The van der Waals surface area contributed by atoms with E-state index in [0.717, 1.165) is 44.9 Å². The van der Waals surface area contributed by atoms with Gasteiger partial charge in [-0.1, -0.05) is 23.7 Å². The van der Waals surface area contributed by atoms with Crippen LogP contribution in [0.15, 0.2) is 34.8 Å². The fourth-order valence-electron chi connectivity index (χ4n) is 5.96. The Hall–Kier alpha value is -3.17. The molecule has 6 rings (SSSR count). The number of aryl methyl sites for hydroxylation is 1. The second-order valence-corrected chi connectivity index (χ2v) is 11.6. The number of piperidine rings is 2. The van der Waals surface area contributed by atoms with Gasteiger partial charge < -0.3 is 14.8 Å². The third-order valence-electron chi connectivity index (χ3n) is 8.11. The van der Waals surface area contributed by atoms with Gasteiger partial charge in [-0.3, -0.25) is 24.5 Å². The van der Waals surface area contributed by atoms with Crippen LogP contribution in [0.1, 0.15) is 69.1 Å². The Morgan fingerprint density at radius 3 is 2.58 bits per heavy atom. The summed E-state index contributed by atoms with van der Waals surface area (Å²) in [5, 5.41) is 3.91. The van der Waals surface area contributed by atoms with Crippen molar-refractivity contribution >= 4 is 62.1 Å². The Kier molecular flexibility index (Phi) is 6.31. The molecule has 0 spiro atoms. The van der Waals surface area contributed by atoms with Gasteiger partial charge in [-0.05, 0) is 82.9 Å². The SMILES string of the molecule is Cc1c(C(=O)N2CCC(c3ccc4c(c3)CN(C3CCC(=O)NC3=O)C4=O)CC2)[nH]c2cc(Cl)c(Br)cc12. The van der Waals surface area contributed by atoms with Crippen LogP contribution in [-0.2, 0) is 16.1 Å². The Bertz CT molecular complexity index is 1520. The van der Waals surface area contributed by atoms with E-state index in [1.807, 2.05) is 36.1 Å². The Labute approximate surface area is 232 Å². The molecule has 10 heteroatoms. The lowest BCUT2D eigenvalue weighted by atomic mass is 9.87. The number of hydrogen-bond acceptors (Lipinski definition) is 4. The van der Waals surface area contributed by atoms with Crippen molar-refractivity contribution in [3.63, 3.8) is 0 Å². The zero-order valence-electron chi connectivity index (χ0n) is 20.8. The molecule has 3 aliphatic heterocycles. The summed E-state index contributed by atoms with van der Waals surface area (Å²) in [5.41, 5.74) is 5.02. The maximum absolute atomic E-state index is 13.4. The van der Waals surface area contributed by atoms with Crippen molar-refractivity contribution in [3.05, 3.63) is 67.8 Å². The number of nitrogens with zero attached hydrogens (tertiary/aromatic N) is 2. The van der Waals surface area contributed by atoms with Crippen LogP contribution in [0.4, 0.5) is 0 Å². The number of carbonyl (C=O) groups excluding carboxylic acids is 4. The molecule has 1 aromatic heterocycles. The van der Waals surface area contributed by atoms with Crippen LogP contribution in [0, 0.1) is 6.92 Å². The molecule has 8 nitrogen and oxygen atoms in total. The number of carbonyl (C=O) groups is 4. The second kappa shape index (κ2) is 9.54. The van der Waals surface area contributed by atoms with Gasteiger partial charge in [0.15, 0.2) is 0 Å². The number of rotatable bonds is 3. The van der Waals surface area contributed by atoms with Crippen LogP contribution in [-0.4, -0.2) is 57.5 Å². The number of benzene rings is 2. The molecule has 3 aromatic rings.